The first-order valence-corrected chi connectivity index (χ1v) is 3.54. The first kappa shape index (κ1) is 10.2. The number of hydrogen-bond acceptors (Lipinski definition) is 3. The molecule has 0 aromatic heterocycles. The van der Waals surface area contributed by atoms with E-state index in [0.717, 1.165) is 18.0 Å². The Morgan fingerprint density at radius 2 is 1.82 bits per heavy atom. The summed E-state index contributed by atoms with van der Waals surface area (Å²) in [5.41, 5.74) is 0. The van der Waals surface area contributed by atoms with Crippen molar-refractivity contribution in [3.8, 4) is 0 Å². The molecule has 0 radical (unpaired) electrons. The van der Waals surface area contributed by atoms with Crippen LogP contribution in [-0.4, -0.2) is 49.2 Å². The van der Waals surface area contributed by atoms with Gasteiger partial charge in [0.05, 0.1) is 13.6 Å². The molecule has 0 aromatic rings. The largest absolute Gasteiger partial charge is 0.309 e. The van der Waals surface area contributed by atoms with Gasteiger partial charge < -0.3 is 4.90 Å². The molecule has 0 atom stereocenters. The molecule has 0 fully saturated rings. The van der Waals surface area contributed by atoms with Gasteiger partial charge in [0, 0.05) is 0 Å². The fourth-order valence-electron chi connectivity index (χ4n) is 0.697. The molecule has 0 saturated heterocycles. The van der Waals surface area contributed by atoms with Crippen molar-refractivity contribution in [2.75, 3.05) is 34.2 Å². The second kappa shape index (κ2) is 4.90. The van der Waals surface area contributed by atoms with Gasteiger partial charge in [-0.05, 0) is 27.1 Å². The van der Waals surface area contributed by atoms with Crippen molar-refractivity contribution in [1.29, 1.82) is 0 Å². The van der Waals surface area contributed by atoms with E-state index in [-0.39, 0.29) is 0 Å². The Hall–Kier alpha value is -0.840. The fraction of sp³-hybridized carbons (Fsp3) is 1.00. The van der Waals surface area contributed by atoms with Crippen LogP contribution in [0.2, 0.25) is 0 Å². The van der Waals surface area contributed by atoms with E-state index in [1.165, 1.54) is 7.05 Å². The first-order valence-electron chi connectivity index (χ1n) is 3.54. The van der Waals surface area contributed by atoms with E-state index >= 15 is 0 Å². The lowest BCUT2D eigenvalue weighted by Crippen LogP contribution is -2.28. The molecule has 0 aliphatic heterocycles. The summed E-state index contributed by atoms with van der Waals surface area (Å²) >= 11 is 0. The Balaban J connectivity index is 3.31. The van der Waals surface area contributed by atoms with E-state index in [4.69, 9.17) is 0 Å². The van der Waals surface area contributed by atoms with Gasteiger partial charge in [0.1, 0.15) is 0 Å². The summed E-state index contributed by atoms with van der Waals surface area (Å²) in [6.45, 7) is 1.39. The van der Waals surface area contributed by atoms with Crippen LogP contribution >= 0.6 is 0 Å². The maximum Gasteiger partial charge on any atom is 0.159 e. The van der Waals surface area contributed by atoms with Gasteiger partial charge in [-0.1, -0.05) is 0 Å². The minimum atomic E-state index is -0.393. The smallest absolute Gasteiger partial charge is 0.159 e. The minimum Gasteiger partial charge on any atom is -0.309 e. The normalized spacial score (nSPS) is 10.2. The van der Waals surface area contributed by atoms with E-state index in [0.29, 0.717) is 6.54 Å². The molecule has 0 spiro atoms. The quantitative estimate of drug-likeness (QED) is 0.422. The molecule has 0 aromatic carbocycles. The Labute approximate surface area is 66.7 Å². The molecule has 0 aliphatic rings. The molecule has 11 heavy (non-hydrogen) atoms. The maximum atomic E-state index is 10.1. The van der Waals surface area contributed by atoms with Crippen LogP contribution in [0.15, 0.2) is 0 Å². The van der Waals surface area contributed by atoms with Crippen molar-refractivity contribution in [2.45, 2.75) is 6.42 Å². The Bertz CT molecular complexity index is 127. The summed E-state index contributed by atoms with van der Waals surface area (Å²) in [7, 11) is 5.38. The van der Waals surface area contributed by atoms with Gasteiger partial charge in [-0.25, -0.2) is 10.1 Å². The maximum absolute atomic E-state index is 10.1. The Kier molecular flexibility index (Phi) is 4.52. The fourth-order valence-corrected chi connectivity index (χ4v) is 0.697. The lowest BCUT2D eigenvalue weighted by molar-refractivity contribution is -0.648. The monoisotopic (exact) mass is 161 g/mol. The number of nitro groups is 1. The topological polar surface area (TPSA) is 49.6 Å². The highest BCUT2D eigenvalue weighted by atomic mass is 16.7. The summed E-state index contributed by atoms with van der Waals surface area (Å²) < 4.78 is 0. The van der Waals surface area contributed by atoms with Crippen molar-refractivity contribution < 1.29 is 5.03 Å². The predicted molar refractivity (Wildman–Crippen MR) is 42.8 cm³/mol. The third kappa shape index (κ3) is 5.60. The van der Waals surface area contributed by atoms with Crippen LogP contribution < -0.4 is 0 Å². The highest BCUT2D eigenvalue weighted by Gasteiger charge is 2.04. The van der Waals surface area contributed by atoms with Crippen molar-refractivity contribution in [3.63, 3.8) is 0 Å². The Morgan fingerprint density at radius 3 is 2.18 bits per heavy atom. The highest BCUT2D eigenvalue weighted by Crippen LogP contribution is 1.88. The van der Waals surface area contributed by atoms with E-state index in [1.807, 2.05) is 19.0 Å². The zero-order chi connectivity index (χ0) is 8.85. The van der Waals surface area contributed by atoms with Crippen LogP contribution in [-0.2, 0) is 0 Å². The molecular weight excluding hydrogens is 146 g/mol. The molecule has 5 nitrogen and oxygen atoms in total. The zero-order valence-electron chi connectivity index (χ0n) is 7.28. The van der Waals surface area contributed by atoms with Gasteiger partial charge in [-0.2, -0.15) is 0 Å². The summed E-state index contributed by atoms with van der Waals surface area (Å²) in [4.78, 5) is 12.1. The van der Waals surface area contributed by atoms with Crippen LogP contribution in [0.5, 0.6) is 0 Å². The summed E-state index contributed by atoms with van der Waals surface area (Å²) in [6.07, 6.45) is 0.824. The first-order chi connectivity index (χ1) is 5.04. The van der Waals surface area contributed by atoms with Crippen LogP contribution in [0.1, 0.15) is 6.42 Å². The van der Waals surface area contributed by atoms with Crippen LogP contribution in [0, 0.1) is 10.1 Å². The average molecular weight is 161 g/mol. The number of hydrazine groups is 1. The molecule has 0 amide bonds. The molecule has 0 saturated carbocycles. The van der Waals surface area contributed by atoms with Crippen molar-refractivity contribution in [1.82, 2.24) is 9.91 Å². The molecule has 0 aliphatic carbocycles. The van der Waals surface area contributed by atoms with Gasteiger partial charge in [-0.15, -0.1) is 5.01 Å². The summed E-state index contributed by atoms with van der Waals surface area (Å²) in [6, 6.07) is 0. The minimum absolute atomic E-state index is 0.393. The average Bonchev–Trinajstić information content (AvgIpc) is 1.86. The van der Waals surface area contributed by atoms with Gasteiger partial charge in [-0.3, -0.25) is 0 Å². The number of rotatable bonds is 5. The van der Waals surface area contributed by atoms with Gasteiger partial charge in [0.2, 0.25) is 0 Å². The van der Waals surface area contributed by atoms with Crippen LogP contribution in [0.3, 0.4) is 0 Å². The molecule has 0 heterocycles. The molecule has 5 heteroatoms. The van der Waals surface area contributed by atoms with E-state index in [2.05, 4.69) is 0 Å². The second-order valence-electron chi connectivity index (χ2n) is 2.78. The van der Waals surface area contributed by atoms with Crippen molar-refractivity contribution >= 4 is 0 Å². The van der Waals surface area contributed by atoms with Gasteiger partial charge >= 0.3 is 0 Å². The standard InChI is InChI=1S/C6H15N3O2/c1-7(2)5-4-6-8(3)9(10)11/h4-6H2,1-3H3. The van der Waals surface area contributed by atoms with Crippen molar-refractivity contribution in [3.05, 3.63) is 10.1 Å². The Morgan fingerprint density at radius 1 is 1.27 bits per heavy atom. The zero-order valence-corrected chi connectivity index (χ0v) is 7.28. The van der Waals surface area contributed by atoms with E-state index in [9.17, 15) is 10.1 Å². The SMILES string of the molecule is CN(C)CCCN(C)[N+](=O)[O-]. The molecular formula is C6H15N3O2. The van der Waals surface area contributed by atoms with E-state index in [1.54, 1.807) is 0 Å². The summed E-state index contributed by atoms with van der Waals surface area (Å²) in [5, 5.41) is 10.8. The van der Waals surface area contributed by atoms with Gasteiger partial charge in [0.25, 0.3) is 0 Å². The van der Waals surface area contributed by atoms with Crippen LogP contribution in [0.25, 0.3) is 0 Å². The lowest BCUT2D eigenvalue weighted by atomic mass is 10.4. The lowest BCUT2D eigenvalue weighted by Gasteiger charge is -2.11. The number of hydrogen-bond donors (Lipinski definition) is 0. The molecule has 0 unspecified atom stereocenters. The van der Waals surface area contributed by atoms with Crippen LogP contribution in [0.4, 0.5) is 0 Å². The molecule has 0 N–H and O–H groups in total. The predicted octanol–water partition coefficient (Wildman–Crippen LogP) is 0.0616. The molecule has 66 valence electrons. The van der Waals surface area contributed by atoms with Gasteiger partial charge in [0.15, 0.2) is 5.03 Å². The molecule has 0 rings (SSSR count). The van der Waals surface area contributed by atoms with E-state index < -0.39 is 5.03 Å². The third-order valence-electron chi connectivity index (χ3n) is 1.37. The van der Waals surface area contributed by atoms with Crippen molar-refractivity contribution in [2.24, 2.45) is 0 Å². The highest BCUT2D eigenvalue weighted by molar-refractivity contribution is 4.45. The summed E-state index contributed by atoms with van der Waals surface area (Å²) in [5.74, 6) is 0. The number of nitrogens with zero attached hydrogens (tertiary/aromatic N) is 3. The third-order valence-corrected chi connectivity index (χ3v) is 1.37. The molecule has 0 bridgehead atoms. The second-order valence-corrected chi connectivity index (χ2v) is 2.78.